The summed E-state index contributed by atoms with van der Waals surface area (Å²) in [4.78, 5) is 10.5. The predicted octanol–water partition coefficient (Wildman–Crippen LogP) is 3.69. The van der Waals surface area contributed by atoms with Crippen molar-refractivity contribution in [3.63, 3.8) is 0 Å². The zero-order valence-corrected chi connectivity index (χ0v) is 12.7. The van der Waals surface area contributed by atoms with Crippen LogP contribution in [-0.2, 0) is 6.42 Å². The van der Waals surface area contributed by atoms with Gasteiger partial charge in [-0.1, -0.05) is 35.3 Å². The zero-order chi connectivity index (χ0) is 14.7. The van der Waals surface area contributed by atoms with Crippen LogP contribution in [0.15, 0.2) is 24.3 Å². The third kappa shape index (κ3) is 3.66. The summed E-state index contributed by atoms with van der Waals surface area (Å²) in [6.45, 7) is 0.798. The molecule has 2 rings (SSSR count). The van der Waals surface area contributed by atoms with Gasteiger partial charge in [0.05, 0.1) is 5.56 Å². The van der Waals surface area contributed by atoms with E-state index in [4.69, 9.17) is 23.2 Å². The minimum absolute atomic E-state index is 0.240. The minimum atomic E-state index is -0.355. The Hall–Kier alpha value is -1.23. The van der Waals surface area contributed by atoms with Crippen LogP contribution in [0.4, 0.5) is 4.39 Å². The van der Waals surface area contributed by atoms with Crippen molar-refractivity contribution in [2.45, 2.75) is 6.42 Å². The lowest BCUT2D eigenvalue weighted by molar-refractivity contribution is 0.409. The van der Waals surface area contributed by atoms with Gasteiger partial charge in [0.15, 0.2) is 0 Å². The number of rotatable bonds is 4. The van der Waals surface area contributed by atoms with Crippen LogP contribution < -0.4 is 0 Å². The van der Waals surface area contributed by atoms with Gasteiger partial charge in [0.25, 0.3) is 0 Å². The maximum atomic E-state index is 13.3. The summed E-state index contributed by atoms with van der Waals surface area (Å²) in [5, 5.41) is 0.480. The molecule has 0 saturated heterocycles. The zero-order valence-electron chi connectivity index (χ0n) is 11.2. The van der Waals surface area contributed by atoms with Crippen molar-refractivity contribution in [2.75, 3.05) is 20.6 Å². The van der Waals surface area contributed by atoms with Crippen molar-refractivity contribution in [3.05, 3.63) is 46.2 Å². The van der Waals surface area contributed by atoms with Gasteiger partial charge in [-0.3, -0.25) is 0 Å². The summed E-state index contributed by atoms with van der Waals surface area (Å²) in [6, 6.07) is 6.03. The second-order valence-corrected chi connectivity index (χ2v) is 5.38. The summed E-state index contributed by atoms with van der Waals surface area (Å²) in [5.41, 5.74) is 1.03. The topological polar surface area (TPSA) is 29.0 Å². The molecule has 0 N–H and O–H groups in total. The van der Waals surface area contributed by atoms with Crippen LogP contribution >= 0.6 is 23.2 Å². The molecule has 1 aromatic carbocycles. The molecule has 106 valence electrons. The highest BCUT2D eigenvalue weighted by Gasteiger charge is 2.14. The maximum absolute atomic E-state index is 13.3. The monoisotopic (exact) mass is 313 g/mol. The molecule has 0 saturated carbocycles. The first-order chi connectivity index (χ1) is 9.47. The number of aromatic nitrogens is 2. The molecule has 0 aliphatic rings. The van der Waals surface area contributed by atoms with Gasteiger partial charge in [0.1, 0.15) is 21.9 Å². The fraction of sp³-hybridized carbons (Fsp3) is 0.286. The Morgan fingerprint density at radius 1 is 1.15 bits per heavy atom. The van der Waals surface area contributed by atoms with Crippen molar-refractivity contribution in [1.29, 1.82) is 0 Å². The molecule has 6 heteroatoms. The first-order valence-corrected chi connectivity index (χ1v) is 6.85. The molecule has 0 radical (unpaired) electrons. The fourth-order valence-electron chi connectivity index (χ4n) is 1.77. The molecule has 0 amide bonds. The first kappa shape index (κ1) is 15.2. The van der Waals surface area contributed by atoms with E-state index in [1.807, 2.05) is 19.0 Å². The molecular formula is C14H14Cl2FN3. The molecule has 1 heterocycles. The molecule has 0 atom stereocenters. The second kappa shape index (κ2) is 6.48. The van der Waals surface area contributed by atoms with Gasteiger partial charge in [-0.25, -0.2) is 14.4 Å². The van der Waals surface area contributed by atoms with Crippen molar-refractivity contribution in [1.82, 2.24) is 14.9 Å². The van der Waals surface area contributed by atoms with E-state index in [-0.39, 0.29) is 16.1 Å². The molecule has 0 fully saturated rings. The van der Waals surface area contributed by atoms with Crippen LogP contribution in [0.25, 0.3) is 11.1 Å². The van der Waals surface area contributed by atoms with Gasteiger partial charge in [-0.15, -0.1) is 0 Å². The van der Waals surface area contributed by atoms with Crippen molar-refractivity contribution >= 4 is 23.2 Å². The summed E-state index contributed by atoms with van der Waals surface area (Å²) >= 11 is 12.3. The lowest BCUT2D eigenvalue weighted by Gasteiger charge is -2.11. The SMILES string of the molecule is CN(C)CCc1nc(Cl)c(-c2cccc(F)c2)c(Cl)n1. The maximum Gasteiger partial charge on any atom is 0.142 e. The van der Waals surface area contributed by atoms with E-state index in [1.54, 1.807) is 12.1 Å². The molecule has 1 aromatic heterocycles. The van der Waals surface area contributed by atoms with Gasteiger partial charge in [-0.2, -0.15) is 0 Å². The summed E-state index contributed by atoms with van der Waals surface area (Å²) in [6.07, 6.45) is 0.649. The van der Waals surface area contributed by atoms with Crippen molar-refractivity contribution < 1.29 is 4.39 Å². The summed E-state index contributed by atoms with van der Waals surface area (Å²) in [5.74, 6) is 0.222. The van der Waals surface area contributed by atoms with Gasteiger partial charge in [0, 0.05) is 13.0 Å². The van der Waals surface area contributed by atoms with Crippen molar-refractivity contribution in [2.24, 2.45) is 0 Å². The molecule has 2 aromatic rings. The van der Waals surface area contributed by atoms with E-state index >= 15 is 0 Å². The van der Waals surface area contributed by atoms with Gasteiger partial charge in [0.2, 0.25) is 0 Å². The molecule has 0 bridgehead atoms. The van der Waals surface area contributed by atoms with E-state index in [2.05, 4.69) is 9.97 Å². The highest BCUT2D eigenvalue weighted by molar-refractivity contribution is 6.37. The Kier molecular flexibility index (Phi) is 4.91. The van der Waals surface area contributed by atoms with Crippen LogP contribution in [0.1, 0.15) is 5.82 Å². The Labute approximate surface area is 127 Å². The van der Waals surface area contributed by atoms with Crippen molar-refractivity contribution in [3.8, 4) is 11.1 Å². The van der Waals surface area contributed by atoms with E-state index in [0.29, 0.717) is 23.4 Å². The third-order valence-corrected chi connectivity index (χ3v) is 3.31. The predicted molar refractivity (Wildman–Crippen MR) is 79.7 cm³/mol. The van der Waals surface area contributed by atoms with Crippen LogP contribution in [0, 0.1) is 5.82 Å². The molecule has 0 aliphatic carbocycles. The summed E-state index contributed by atoms with van der Waals surface area (Å²) in [7, 11) is 3.93. The molecule has 3 nitrogen and oxygen atoms in total. The molecule has 0 spiro atoms. The van der Waals surface area contributed by atoms with E-state index < -0.39 is 0 Å². The largest absolute Gasteiger partial charge is 0.309 e. The van der Waals surface area contributed by atoms with Crippen LogP contribution in [0.3, 0.4) is 0 Å². The van der Waals surface area contributed by atoms with Gasteiger partial charge in [-0.05, 0) is 31.8 Å². The lowest BCUT2D eigenvalue weighted by Crippen LogP contribution is -2.16. The quantitative estimate of drug-likeness (QED) is 0.806. The average Bonchev–Trinajstić information content (AvgIpc) is 2.35. The van der Waals surface area contributed by atoms with Crippen LogP contribution in [0.2, 0.25) is 10.3 Å². The van der Waals surface area contributed by atoms with E-state index in [9.17, 15) is 4.39 Å². The average molecular weight is 314 g/mol. The fourth-order valence-corrected chi connectivity index (χ4v) is 2.41. The molecule has 0 unspecified atom stereocenters. The standard InChI is InChI=1S/C14H14Cl2FN3/c1-20(2)7-6-11-18-13(15)12(14(16)19-11)9-4-3-5-10(17)8-9/h3-5,8H,6-7H2,1-2H3. The number of halogens is 3. The lowest BCUT2D eigenvalue weighted by atomic mass is 10.1. The smallest absolute Gasteiger partial charge is 0.142 e. The first-order valence-electron chi connectivity index (χ1n) is 6.10. The molecular weight excluding hydrogens is 300 g/mol. The Balaban J connectivity index is 2.36. The van der Waals surface area contributed by atoms with E-state index in [0.717, 1.165) is 6.54 Å². The summed E-state index contributed by atoms with van der Waals surface area (Å²) < 4.78 is 13.3. The number of benzene rings is 1. The molecule has 0 aliphatic heterocycles. The number of hydrogen-bond donors (Lipinski definition) is 0. The Morgan fingerprint density at radius 2 is 1.80 bits per heavy atom. The highest BCUT2D eigenvalue weighted by Crippen LogP contribution is 2.32. The molecule has 20 heavy (non-hydrogen) atoms. The second-order valence-electron chi connectivity index (χ2n) is 4.66. The van der Waals surface area contributed by atoms with Gasteiger partial charge < -0.3 is 4.90 Å². The Bertz CT molecular complexity index is 594. The highest BCUT2D eigenvalue weighted by atomic mass is 35.5. The number of hydrogen-bond acceptors (Lipinski definition) is 3. The normalized spacial score (nSPS) is 11.1. The van der Waals surface area contributed by atoms with Gasteiger partial charge >= 0.3 is 0 Å². The Morgan fingerprint density at radius 3 is 2.35 bits per heavy atom. The number of likely N-dealkylation sites (N-methyl/N-ethyl adjacent to an activating group) is 1. The van der Waals surface area contributed by atoms with Crippen LogP contribution in [-0.4, -0.2) is 35.5 Å². The van der Waals surface area contributed by atoms with E-state index in [1.165, 1.54) is 12.1 Å². The third-order valence-electron chi connectivity index (χ3n) is 2.76. The van der Waals surface area contributed by atoms with Crippen LogP contribution in [0.5, 0.6) is 0 Å². The minimum Gasteiger partial charge on any atom is -0.309 e. The number of nitrogens with zero attached hydrogens (tertiary/aromatic N) is 3.